The van der Waals surface area contributed by atoms with Gasteiger partial charge in [-0.25, -0.2) is 4.68 Å². The maximum atomic E-state index is 9.26. The summed E-state index contributed by atoms with van der Waals surface area (Å²) in [6, 6.07) is 17.1. The topological polar surface area (TPSA) is 121 Å². The van der Waals surface area contributed by atoms with Gasteiger partial charge in [0, 0.05) is 5.56 Å². The van der Waals surface area contributed by atoms with Crippen molar-refractivity contribution in [3.63, 3.8) is 0 Å². The lowest BCUT2D eigenvalue weighted by Crippen LogP contribution is -2.47. The van der Waals surface area contributed by atoms with Crippen LogP contribution in [0.3, 0.4) is 0 Å². The second-order valence-electron chi connectivity index (χ2n) is 6.58. The summed E-state index contributed by atoms with van der Waals surface area (Å²) in [6.45, 7) is -0.500. The zero-order valence-corrected chi connectivity index (χ0v) is 16.0. The molecule has 1 aromatic heterocycles. The van der Waals surface area contributed by atoms with Gasteiger partial charge in [0.15, 0.2) is 0 Å². The highest BCUT2D eigenvalue weighted by atomic mass is 35.5. The van der Waals surface area contributed by atoms with Crippen LogP contribution in [0, 0.1) is 11.3 Å². The predicted molar refractivity (Wildman–Crippen MR) is 108 cm³/mol. The molecule has 0 spiro atoms. The third kappa shape index (κ3) is 4.94. The highest BCUT2D eigenvalue weighted by Gasteiger charge is 2.22. The van der Waals surface area contributed by atoms with Crippen LogP contribution in [0.5, 0.6) is 0 Å². The fourth-order valence-corrected chi connectivity index (χ4v) is 2.65. The molecule has 0 atom stereocenters. The fourth-order valence-electron chi connectivity index (χ4n) is 2.65. The minimum absolute atomic E-state index is 0. The summed E-state index contributed by atoms with van der Waals surface area (Å²) < 4.78 is 1.66. The molecule has 0 saturated heterocycles. The van der Waals surface area contributed by atoms with Crippen molar-refractivity contribution in [2.24, 2.45) is 5.73 Å². The Balaban J connectivity index is 0.00000280. The van der Waals surface area contributed by atoms with Crippen molar-refractivity contribution in [2.75, 3.05) is 13.2 Å². The molecule has 0 radical (unpaired) electrons. The van der Waals surface area contributed by atoms with Crippen molar-refractivity contribution in [1.82, 2.24) is 15.0 Å². The van der Waals surface area contributed by atoms with Gasteiger partial charge in [-0.1, -0.05) is 29.5 Å². The average molecular weight is 400 g/mol. The van der Waals surface area contributed by atoms with Crippen LogP contribution in [0.2, 0.25) is 0 Å². The van der Waals surface area contributed by atoms with Crippen LogP contribution in [0.25, 0.3) is 16.9 Å². The second-order valence-corrected chi connectivity index (χ2v) is 6.58. The third-order valence-corrected chi connectivity index (χ3v) is 4.55. The predicted octanol–water partition coefficient (Wildman–Crippen LogP) is 1.84. The van der Waals surface area contributed by atoms with Gasteiger partial charge in [0.2, 0.25) is 0 Å². The van der Waals surface area contributed by atoms with E-state index in [-0.39, 0.29) is 25.6 Å². The number of nitrogens with zero attached hydrogens (tertiary/aromatic N) is 4. The van der Waals surface area contributed by atoms with E-state index in [0.29, 0.717) is 18.4 Å². The smallest absolute Gasteiger partial charge is 0.113 e. The van der Waals surface area contributed by atoms with E-state index >= 15 is 0 Å². The Hall–Kier alpha value is -2.76. The number of aliphatic hydroxyl groups is 2. The lowest BCUT2D eigenvalue weighted by molar-refractivity contribution is 0.115. The molecule has 28 heavy (non-hydrogen) atoms. The molecule has 0 aliphatic rings. The van der Waals surface area contributed by atoms with E-state index in [9.17, 15) is 10.2 Å². The Morgan fingerprint density at radius 3 is 2.25 bits per heavy atom. The van der Waals surface area contributed by atoms with Gasteiger partial charge >= 0.3 is 0 Å². The zero-order chi connectivity index (χ0) is 19.3. The number of hydrogen-bond donors (Lipinski definition) is 3. The number of benzene rings is 2. The van der Waals surface area contributed by atoms with Crippen LogP contribution in [0.15, 0.2) is 54.7 Å². The van der Waals surface area contributed by atoms with E-state index in [0.717, 1.165) is 22.5 Å². The summed E-state index contributed by atoms with van der Waals surface area (Å²) in [5, 5.41) is 35.7. The van der Waals surface area contributed by atoms with Gasteiger partial charge in [-0.15, -0.1) is 17.5 Å². The summed E-state index contributed by atoms with van der Waals surface area (Å²) in [5.41, 5.74) is 9.11. The van der Waals surface area contributed by atoms with Gasteiger partial charge in [-0.3, -0.25) is 0 Å². The quantitative estimate of drug-likeness (QED) is 0.557. The molecular formula is C20H22ClN5O2. The van der Waals surface area contributed by atoms with Crippen molar-refractivity contribution in [1.29, 1.82) is 5.26 Å². The second kappa shape index (κ2) is 9.44. The Morgan fingerprint density at radius 1 is 1.04 bits per heavy atom. The largest absolute Gasteiger partial charge is 0.394 e. The van der Waals surface area contributed by atoms with Crippen LogP contribution < -0.4 is 5.73 Å². The first-order chi connectivity index (χ1) is 13.1. The average Bonchev–Trinajstić information content (AvgIpc) is 3.22. The summed E-state index contributed by atoms with van der Waals surface area (Å²) in [5.74, 6) is 0. The lowest BCUT2D eigenvalue weighted by atomic mass is 9.93. The first-order valence-corrected chi connectivity index (χ1v) is 8.60. The summed E-state index contributed by atoms with van der Waals surface area (Å²) in [7, 11) is 0. The van der Waals surface area contributed by atoms with E-state index in [4.69, 9.17) is 11.0 Å². The minimum atomic E-state index is -0.956. The highest BCUT2D eigenvalue weighted by Crippen LogP contribution is 2.20. The summed E-state index contributed by atoms with van der Waals surface area (Å²) >= 11 is 0. The number of aryl methyl sites for hydroxylation is 1. The fraction of sp³-hybridized carbons (Fsp3) is 0.250. The molecule has 0 saturated carbocycles. The van der Waals surface area contributed by atoms with Gasteiger partial charge < -0.3 is 15.9 Å². The van der Waals surface area contributed by atoms with Crippen molar-refractivity contribution >= 4 is 12.4 Å². The molecule has 0 aliphatic carbocycles. The molecule has 2 aromatic carbocycles. The SMILES string of the molecule is Cl.N#Cc1ccc(-n2cc(-c3ccc(CCC(N)(CO)CO)cc3)nn2)cc1. The molecule has 0 bridgehead atoms. The van der Waals surface area contributed by atoms with E-state index in [1.54, 1.807) is 16.8 Å². The molecule has 0 unspecified atom stereocenters. The van der Waals surface area contributed by atoms with Crippen LogP contribution in [-0.4, -0.2) is 44.0 Å². The normalized spacial score (nSPS) is 10.9. The van der Waals surface area contributed by atoms with E-state index < -0.39 is 5.54 Å². The van der Waals surface area contributed by atoms with E-state index in [1.807, 2.05) is 42.6 Å². The number of nitriles is 1. The summed E-state index contributed by atoms with van der Waals surface area (Å²) in [6.07, 6.45) is 2.99. The zero-order valence-electron chi connectivity index (χ0n) is 15.2. The van der Waals surface area contributed by atoms with Gasteiger partial charge in [-0.2, -0.15) is 5.26 Å². The maximum absolute atomic E-state index is 9.26. The molecule has 7 nitrogen and oxygen atoms in total. The number of hydrogen-bond acceptors (Lipinski definition) is 6. The van der Waals surface area contributed by atoms with Crippen molar-refractivity contribution in [2.45, 2.75) is 18.4 Å². The molecule has 146 valence electrons. The third-order valence-electron chi connectivity index (χ3n) is 4.55. The van der Waals surface area contributed by atoms with Gasteiger partial charge in [0.05, 0.1) is 42.3 Å². The number of nitrogens with two attached hydrogens (primary N) is 1. The first kappa shape index (κ1) is 21.5. The Kier molecular flexibility index (Phi) is 7.26. The Morgan fingerprint density at radius 2 is 1.68 bits per heavy atom. The minimum Gasteiger partial charge on any atom is -0.394 e. The molecule has 0 amide bonds. The van der Waals surface area contributed by atoms with Gasteiger partial charge in [0.25, 0.3) is 0 Å². The first-order valence-electron chi connectivity index (χ1n) is 8.60. The van der Waals surface area contributed by atoms with Crippen LogP contribution in [-0.2, 0) is 6.42 Å². The Labute approximate surface area is 169 Å². The van der Waals surface area contributed by atoms with Crippen molar-refractivity contribution in [3.05, 3.63) is 65.9 Å². The van der Waals surface area contributed by atoms with Gasteiger partial charge in [-0.05, 0) is 42.7 Å². The number of rotatable bonds is 7. The summed E-state index contributed by atoms with van der Waals surface area (Å²) in [4.78, 5) is 0. The van der Waals surface area contributed by atoms with Crippen molar-refractivity contribution in [3.8, 4) is 23.0 Å². The Bertz CT molecular complexity index is 928. The van der Waals surface area contributed by atoms with Crippen LogP contribution in [0.1, 0.15) is 17.5 Å². The van der Waals surface area contributed by atoms with Gasteiger partial charge in [0.1, 0.15) is 5.69 Å². The molecule has 0 aliphatic heterocycles. The van der Waals surface area contributed by atoms with E-state index in [2.05, 4.69) is 16.4 Å². The molecule has 4 N–H and O–H groups in total. The monoisotopic (exact) mass is 399 g/mol. The maximum Gasteiger partial charge on any atom is 0.113 e. The van der Waals surface area contributed by atoms with E-state index in [1.165, 1.54) is 0 Å². The molecule has 0 fully saturated rings. The molecule has 1 heterocycles. The lowest BCUT2D eigenvalue weighted by Gasteiger charge is -2.24. The van der Waals surface area contributed by atoms with Crippen LogP contribution in [0.4, 0.5) is 0 Å². The van der Waals surface area contributed by atoms with Crippen LogP contribution >= 0.6 is 12.4 Å². The number of aliphatic hydroxyl groups excluding tert-OH is 2. The van der Waals surface area contributed by atoms with Crippen molar-refractivity contribution < 1.29 is 10.2 Å². The molecule has 3 aromatic rings. The molecular weight excluding hydrogens is 378 g/mol. The molecule has 8 heteroatoms. The number of aromatic nitrogens is 3. The highest BCUT2D eigenvalue weighted by molar-refractivity contribution is 5.85. The standard InChI is InChI=1S/C20H21N5O2.ClH/c21-11-16-3-7-18(8-4-16)25-12-19(23-24-25)17-5-1-15(2-6-17)9-10-20(22,13-26)14-27;/h1-8,12,26-27H,9-10,13-14,22H2;1H. The molecule has 3 rings (SSSR count). The number of halogens is 1.